The number of nitrogens with zero attached hydrogens (tertiary/aromatic N) is 2. The molecule has 37 heavy (non-hydrogen) atoms. The van der Waals surface area contributed by atoms with Crippen molar-refractivity contribution in [1.29, 1.82) is 0 Å². The molecule has 15 heteroatoms. The number of sulfonamides is 1. The third-order valence-electron chi connectivity index (χ3n) is 5.41. The summed E-state index contributed by atoms with van der Waals surface area (Å²) in [5.41, 5.74) is -2.74. The van der Waals surface area contributed by atoms with Gasteiger partial charge >= 0.3 is 12.1 Å². The number of alkyl halides is 3. The van der Waals surface area contributed by atoms with E-state index in [1.165, 1.54) is 24.3 Å². The average Bonchev–Trinajstić information content (AvgIpc) is 3.14. The number of ether oxygens (including phenoxy) is 1. The van der Waals surface area contributed by atoms with Gasteiger partial charge in [0.2, 0.25) is 5.76 Å². The average molecular weight is 560 g/mol. The van der Waals surface area contributed by atoms with Crippen LogP contribution in [0.2, 0.25) is 0 Å². The zero-order valence-electron chi connectivity index (χ0n) is 19.5. The molecule has 2 heterocycles. The maximum Gasteiger partial charge on any atom is 0.452 e. The lowest BCUT2D eigenvalue weighted by Crippen LogP contribution is -2.47. The first kappa shape index (κ1) is 26.8. The SMILES string of the molecule is CC(C)(C)OC(=O)[C@@]1(NS(=O)(=O)c2ccc(-c3cc(C(F)(F)F)on3)s2)C[C@H]1c1cccc([N+](=O)[O-])c1. The first-order chi connectivity index (χ1) is 17.0. The molecule has 1 fully saturated rings. The van der Waals surface area contributed by atoms with E-state index in [1.807, 2.05) is 0 Å². The summed E-state index contributed by atoms with van der Waals surface area (Å²) in [5.74, 6) is -2.94. The van der Waals surface area contributed by atoms with Crippen molar-refractivity contribution in [2.24, 2.45) is 0 Å². The highest BCUT2D eigenvalue weighted by Gasteiger charge is 2.64. The van der Waals surface area contributed by atoms with Crippen LogP contribution in [0, 0.1) is 10.1 Å². The quantitative estimate of drug-likeness (QED) is 0.245. The molecule has 1 saturated carbocycles. The minimum absolute atomic E-state index is 0.0151. The van der Waals surface area contributed by atoms with Crippen LogP contribution in [0.5, 0.6) is 0 Å². The van der Waals surface area contributed by atoms with E-state index in [-0.39, 0.29) is 26.9 Å². The number of thiophene rings is 1. The van der Waals surface area contributed by atoms with Gasteiger partial charge in [0.05, 0.1) is 9.80 Å². The van der Waals surface area contributed by atoms with E-state index in [4.69, 9.17) is 4.74 Å². The predicted molar refractivity (Wildman–Crippen MR) is 124 cm³/mol. The van der Waals surface area contributed by atoms with Crippen LogP contribution in [0.25, 0.3) is 10.6 Å². The molecule has 1 aromatic carbocycles. The van der Waals surface area contributed by atoms with Gasteiger partial charge in [-0.2, -0.15) is 17.9 Å². The second-order valence-corrected chi connectivity index (χ2v) is 12.4. The van der Waals surface area contributed by atoms with Gasteiger partial charge in [-0.3, -0.25) is 10.1 Å². The Labute approximate surface area is 212 Å². The molecule has 0 spiro atoms. The molecule has 1 aliphatic carbocycles. The predicted octanol–water partition coefficient (Wildman–Crippen LogP) is 4.88. The van der Waals surface area contributed by atoms with E-state index in [0.717, 1.165) is 6.07 Å². The van der Waals surface area contributed by atoms with Crippen molar-refractivity contribution in [2.45, 2.75) is 54.6 Å². The summed E-state index contributed by atoms with van der Waals surface area (Å²) >= 11 is 0.632. The smallest absolute Gasteiger partial charge is 0.452 e. The number of halogens is 3. The van der Waals surface area contributed by atoms with Crippen molar-refractivity contribution in [3.8, 4) is 10.6 Å². The number of hydrogen-bond donors (Lipinski definition) is 1. The molecule has 2 atom stereocenters. The molecule has 0 unspecified atom stereocenters. The molecular formula is C22H20F3N3O7S2. The maximum absolute atomic E-state index is 13.3. The van der Waals surface area contributed by atoms with Crippen molar-refractivity contribution < 1.29 is 40.6 Å². The Morgan fingerprint density at radius 3 is 2.54 bits per heavy atom. The third kappa shape index (κ3) is 5.52. The Balaban J connectivity index is 1.65. The third-order valence-corrected chi connectivity index (χ3v) is 8.52. The number of aromatic nitrogens is 1. The lowest BCUT2D eigenvalue weighted by atomic mass is 10.1. The normalized spacial score (nSPS) is 20.0. The van der Waals surface area contributed by atoms with E-state index in [9.17, 15) is 36.5 Å². The fraction of sp³-hybridized carbons (Fsp3) is 0.364. The van der Waals surface area contributed by atoms with E-state index in [2.05, 4.69) is 14.4 Å². The second-order valence-electron chi connectivity index (χ2n) is 9.38. The number of benzene rings is 1. The number of hydrogen-bond acceptors (Lipinski definition) is 9. The summed E-state index contributed by atoms with van der Waals surface area (Å²) in [4.78, 5) is 23.9. The molecule has 0 bridgehead atoms. The van der Waals surface area contributed by atoms with Crippen molar-refractivity contribution in [3.63, 3.8) is 0 Å². The van der Waals surface area contributed by atoms with E-state index in [1.54, 1.807) is 26.8 Å². The van der Waals surface area contributed by atoms with Crippen LogP contribution >= 0.6 is 11.3 Å². The number of nitro benzene ring substituents is 1. The van der Waals surface area contributed by atoms with Crippen LogP contribution in [-0.2, 0) is 25.7 Å². The Kier molecular flexibility index (Phi) is 6.45. The minimum atomic E-state index is -4.76. The zero-order chi connectivity index (χ0) is 27.4. The molecule has 0 radical (unpaired) electrons. The van der Waals surface area contributed by atoms with Crippen LogP contribution in [0.1, 0.15) is 44.4 Å². The summed E-state index contributed by atoms with van der Waals surface area (Å²) in [6.07, 6.45) is -4.77. The van der Waals surface area contributed by atoms with Gasteiger partial charge in [0.15, 0.2) is 0 Å². The molecule has 2 aromatic heterocycles. The monoisotopic (exact) mass is 559 g/mol. The number of rotatable bonds is 7. The summed E-state index contributed by atoms with van der Waals surface area (Å²) in [7, 11) is -4.38. The van der Waals surface area contributed by atoms with Crippen molar-refractivity contribution in [2.75, 3.05) is 0 Å². The van der Waals surface area contributed by atoms with Gasteiger partial charge in [0.1, 0.15) is 21.0 Å². The molecule has 0 amide bonds. The zero-order valence-corrected chi connectivity index (χ0v) is 21.2. The topological polar surface area (TPSA) is 142 Å². The molecule has 10 nitrogen and oxygen atoms in total. The van der Waals surface area contributed by atoms with Crippen LogP contribution in [0.15, 0.2) is 51.2 Å². The largest absolute Gasteiger partial charge is 0.459 e. The van der Waals surface area contributed by atoms with Crippen molar-refractivity contribution in [3.05, 3.63) is 63.9 Å². The minimum Gasteiger partial charge on any atom is -0.459 e. The van der Waals surface area contributed by atoms with Crippen LogP contribution in [0.3, 0.4) is 0 Å². The second kappa shape index (κ2) is 8.92. The first-order valence-corrected chi connectivity index (χ1v) is 13.0. The Morgan fingerprint density at radius 2 is 1.95 bits per heavy atom. The molecule has 0 saturated heterocycles. The number of carbonyl (C=O) groups excluding carboxylic acids is 1. The molecular weight excluding hydrogens is 539 g/mol. The molecule has 4 rings (SSSR count). The summed E-state index contributed by atoms with van der Waals surface area (Å²) in [5, 5.41) is 14.5. The summed E-state index contributed by atoms with van der Waals surface area (Å²) in [6, 6.07) is 8.59. The number of nitrogens with one attached hydrogen (secondary N) is 1. The fourth-order valence-corrected chi connectivity index (χ4v) is 6.35. The first-order valence-electron chi connectivity index (χ1n) is 10.7. The highest BCUT2D eigenvalue weighted by atomic mass is 32.2. The molecule has 3 aromatic rings. The van der Waals surface area contributed by atoms with Crippen LogP contribution < -0.4 is 4.72 Å². The van der Waals surface area contributed by atoms with Gasteiger partial charge in [-0.25, -0.2) is 13.2 Å². The molecule has 198 valence electrons. The van der Waals surface area contributed by atoms with Crippen LogP contribution in [-0.4, -0.2) is 35.6 Å². The van der Waals surface area contributed by atoms with Gasteiger partial charge in [-0.05, 0) is 44.9 Å². The van der Waals surface area contributed by atoms with E-state index >= 15 is 0 Å². The highest BCUT2D eigenvalue weighted by molar-refractivity contribution is 7.91. The highest BCUT2D eigenvalue weighted by Crippen LogP contribution is 2.54. The Hall–Kier alpha value is -3.30. The van der Waals surface area contributed by atoms with Gasteiger partial charge < -0.3 is 9.26 Å². The molecule has 0 aliphatic heterocycles. The Morgan fingerprint density at radius 1 is 1.24 bits per heavy atom. The number of nitro groups is 1. The van der Waals surface area contributed by atoms with Gasteiger partial charge in [-0.15, -0.1) is 11.3 Å². The standard InChI is InChI=1S/C22H20F3N3O7S2/c1-20(2,3)34-19(29)21(11-14(21)12-5-4-6-13(9-12)28(30)31)27-37(32,33)18-8-7-16(36-18)15-10-17(35-26-15)22(23,24)25/h4-10,14,27H,11H2,1-3H3/t14-,21+/m0/s1. The molecule has 1 aliphatic rings. The summed E-state index contributed by atoms with van der Waals surface area (Å²) in [6.45, 7) is 4.82. The maximum atomic E-state index is 13.3. The lowest BCUT2D eigenvalue weighted by molar-refractivity contribution is -0.384. The van der Waals surface area contributed by atoms with Crippen molar-refractivity contribution in [1.82, 2.24) is 9.88 Å². The van der Waals surface area contributed by atoms with E-state index < -0.39 is 49.9 Å². The molecule has 1 N–H and O–H groups in total. The van der Waals surface area contributed by atoms with Gasteiger partial charge in [-0.1, -0.05) is 17.3 Å². The lowest BCUT2D eigenvalue weighted by Gasteiger charge is -2.25. The van der Waals surface area contributed by atoms with Gasteiger partial charge in [0, 0.05) is 24.1 Å². The van der Waals surface area contributed by atoms with E-state index in [0.29, 0.717) is 23.0 Å². The number of carbonyl (C=O) groups is 1. The fourth-order valence-electron chi connectivity index (χ4n) is 3.69. The van der Waals surface area contributed by atoms with Gasteiger partial charge in [0.25, 0.3) is 15.7 Å². The van der Waals surface area contributed by atoms with Crippen LogP contribution in [0.4, 0.5) is 18.9 Å². The Bertz CT molecular complexity index is 1470. The number of esters is 1. The van der Waals surface area contributed by atoms with Crippen molar-refractivity contribution >= 4 is 33.0 Å². The summed E-state index contributed by atoms with van der Waals surface area (Å²) < 4.78 is 76.9. The number of non-ortho nitro benzene ring substituents is 1.